The number of anilines is 1. The Morgan fingerprint density at radius 2 is 1.76 bits per heavy atom. The first-order valence-electron chi connectivity index (χ1n) is 6.24. The molecule has 0 saturated heterocycles. The Balaban J connectivity index is 2.69. The smallest absolute Gasteiger partial charge is 0.122 e. The minimum Gasteiger partial charge on any atom is -0.384 e. The van der Waals surface area contributed by atoms with Gasteiger partial charge in [-0.05, 0) is 30.2 Å². The van der Waals surface area contributed by atoms with E-state index < -0.39 is 0 Å². The van der Waals surface area contributed by atoms with Gasteiger partial charge in [0.25, 0.3) is 0 Å². The predicted molar refractivity (Wildman–Crippen MR) is 74.8 cm³/mol. The number of hydrogen-bond donors (Lipinski definition) is 2. The highest BCUT2D eigenvalue weighted by Gasteiger charge is 2.08. The number of amidine groups is 1. The molecular weight excluding hydrogens is 210 g/mol. The van der Waals surface area contributed by atoms with Crippen LogP contribution in [0.25, 0.3) is 0 Å². The van der Waals surface area contributed by atoms with Crippen molar-refractivity contribution in [3.8, 4) is 0 Å². The minimum absolute atomic E-state index is 0.124. The fourth-order valence-corrected chi connectivity index (χ4v) is 1.94. The van der Waals surface area contributed by atoms with Crippen molar-refractivity contribution >= 4 is 11.5 Å². The number of rotatable bonds is 6. The third-order valence-electron chi connectivity index (χ3n) is 3.31. The van der Waals surface area contributed by atoms with Gasteiger partial charge in [0, 0.05) is 24.8 Å². The lowest BCUT2D eigenvalue weighted by Gasteiger charge is -2.24. The fraction of sp³-hybridized carbons (Fsp3) is 0.500. The van der Waals surface area contributed by atoms with Gasteiger partial charge in [0.05, 0.1) is 0 Å². The van der Waals surface area contributed by atoms with Gasteiger partial charge in [-0.3, -0.25) is 5.41 Å². The standard InChI is InChI=1S/C14H23N3/c1-4-11(5-2)10-17(3)13-8-6-12(7-9-13)14(15)16/h6-9,11H,4-5,10H2,1-3H3,(H3,15,16). The summed E-state index contributed by atoms with van der Waals surface area (Å²) in [6, 6.07) is 7.86. The highest BCUT2D eigenvalue weighted by atomic mass is 15.1. The van der Waals surface area contributed by atoms with E-state index >= 15 is 0 Å². The average Bonchev–Trinajstić information content (AvgIpc) is 2.35. The maximum atomic E-state index is 7.35. The largest absolute Gasteiger partial charge is 0.384 e. The highest BCUT2D eigenvalue weighted by Crippen LogP contribution is 2.17. The molecule has 0 spiro atoms. The van der Waals surface area contributed by atoms with Crippen LogP contribution in [0.15, 0.2) is 24.3 Å². The van der Waals surface area contributed by atoms with Crippen molar-refractivity contribution in [2.75, 3.05) is 18.5 Å². The third kappa shape index (κ3) is 3.77. The van der Waals surface area contributed by atoms with Gasteiger partial charge in [0.2, 0.25) is 0 Å². The van der Waals surface area contributed by atoms with Gasteiger partial charge in [0.1, 0.15) is 5.84 Å². The van der Waals surface area contributed by atoms with Gasteiger partial charge >= 0.3 is 0 Å². The van der Waals surface area contributed by atoms with E-state index in [0.717, 1.165) is 18.0 Å². The molecule has 0 radical (unpaired) electrons. The summed E-state index contributed by atoms with van der Waals surface area (Å²) in [6.07, 6.45) is 2.43. The van der Waals surface area contributed by atoms with Gasteiger partial charge in [-0.25, -0.2) is 0 Å². The molecule has 17 heavy (non-hydrogen) atoms. The number of hydrogen-bond acceptors (Lipinski definition) is 2. The highest BCUT2D eigenvalue weighted by molar-refractivity contribution is 5.95. The molecule has 0 aliphatic carbocycles. The second-order valence-corrected chi connectivity index (χ2v) is 4.52. The van der Waals surface area contributed by atoms with Crippen molar-refractivity contribution in [1.82, 2.24) is 0 Å². The Kier molecular flexibility index (Phi) is 5.01. The molecule has 0 heterocycles. The molecule has 0 bridgehead atoms. The van der Waals surface area contributed by atoms with Crippen molar-refractivity contribution in [2.45, 2.75) is 26.7 Å². The normalized spacial score (nSPS) is 10.6. The predicted octanol–water partition coefficient (Wildman–Crippen LogP) is 2.84. The molecule has 1 aromatic rings. The molecule has 1 rings (SSSR count). The van der Waals surface area contributed by atoms with Crippen LogP contribution in [0.5, 0.6) is 0 Å². The molecule has 0 unspecified atom stereocenters. The molecular formula is C14H23N3. The maximum Gasteiger partial charge on any atom is 0.122 e. The van der Waals surface area contributed by atoms with Gasteiger partial charge in [-0.2, -0.15) is 0 Å². The Hall–Kier alpha value is -1.51. The van der Waals surface area contributed by atoms with Crippen molar-refractivity contribution < 1.29 is 0 Å². The van der Waals surface area contributed by atoms with Gasteiger partial charge in [-0.1, -0.05) is 26.7 Å². The number of nitrogens with one attached hydrogen (secondary N) is 1. The summed E-state index contributed by atoms with van der Waals surface area (Å²) >= 11 is 0. The van der Waals surface area contributed by atoms with Crippen LogP contribution in [0.4, 0.5) is 5.69 Å². The number of benzene rings is 1. The fourth-order valence-electron chi connectivity index (χ4n) is 1.94. The summed E-state index contributed by atoms with van der Waals surface area (Å²) in [6.45, 7) is 5.55. The maximum absolute atomic E-state index is 7.35. The van der Waals surface area contributed by atoms with Crippen LogP contribution in [0.3, 0.4) is 0 Å². The monoisotopic (exact) mass is 233 g/mol. The summed E-state index contributed by atoms with van der Waals surface area (Å²) in [5, 5.41) is 7.35. The molecule has 3 nitrogen and oxygen atoms in total. The lowest BCUT2D eigenvalue weighted by molar-refractivity contribution is 0.494. The summed E-state index contributed by atoms with van der Waals surface area (Å²) in [4.78, 5) is 2.27. The zero-order valence-electron chi connectivity index (χ0n) is 11.0. The quantitative estimate of drug-likeness (QED) is 0.586. The molecule has 0 atom stereocenters. The number of nitrogens with zero attached hydrogens (tertiary/aromatic N) is 1. The van der Waals surface area contributed by atoms with Gasteiger partial charge in [-0.15, -0.1) is 0 Å². The summed E-state index contributed by atoms with van der Waals surface area (Å²) in [7, 11) is 2.11. The molecule has 3 heteroatoms. The van der Waals surface area contributed by atoms with E-state index in [-0.39, 0.29) is 5.84 Å². The first-order chi connectivity index (χ1) is 8.08. The third-order valence-corrected chi connectivity index (χ3v) is 3.31. The average molecular weight is 233 g/mol. The van der Waals surface area contributed by atoms with E-state index in [0.29, 0.717) is 0 Å². The van der Waals surface area contributed by atoms with Crippen molar-refractivity contribution in [3.05, 3.63) is 29.8 Å². The number of nitrogen functional groups attached to an aromatic ring is 1. The second kappa shape index (κ2) is 6.28. The van der Waals surface area contributed by atoms with Crippen LogP contribution in [0.2, 0.25) is 0 Å². The van der Waals surface area contributed by atoms with E-state index in [4.69, 9.17) is 11.1 Å². The van der Waals surface area contributed by atoms with E-state index in [1.807, 2.05) is 24.3 Å². The van der Waals surface area contributed by atoms with Crippen LogP contribution >= 0.6 is 0 Å². The summed E-state index contributed by atoms with van der Waals surface area (Å²) < 4.78 is 0. The first-order valence-corrected chi connectivity index (χ1v) is 6.24. The summed E-state index contributed by atoms with van der Waals surface area (Å²) in [5.41, 5.74) is 7.40. The van der Waals surface area contributed by atoms with Crippen LogP contribution in [0, 0.1) is 11.3 Å². The Morgan fingerprint density at radius 1 is 1.24 bits per heavy atom. The van der Waals surface area contributed by atoms with Crippen molar-refractivity contribution in [1.29, 1.82) is 5.41 Å². The van der Waals surface area contributed by atoms with Crippen molar-refractivity contribution in [3.63, 3.8) is 0 Å². The molecule has 0 aliphatic rings. The first kappa shape index (κ1) is 13.6. The SMILES string of the molecule is CCC(CC)CN(C)c1ccc(C(=N)N)cc1. The minimum atomic E-state index is 0.124. The van der Waals surface area contributed by atoms with E-state index in [2.05, 4.69) is 25.8 Å². The Labute approximate surface area is 104 Å². The van der Waals surface area contributed by atoms with Gasteiger partial charge < -0.3 is 10.6 Å². The molecule has 0 saturated carbocycles. The lowest BCUT2D eigenvalue weighted by atomic mass is 10.0. The molecule has 3 N–H and O–H groups in total. The van der Waals surface area contributed by atoms with Crippen LogP contribution in [0.1, 0.15) is 32.3 Å². The van der Waals surface area contributed by atoms with Crippen LogP contribution in [-0.2, 0) is 0 Å². The Bertz CT molecular complexity index is 352. The zero-order valence-corrected chi connectivity index (χ0v) is 11.0. The van der Waals surface area contributed by atoms with E-state index in [1.165, 1.54) is 18.5 Å². The lowest BCUT2D eigenvalue weighted by Crippen LogP contribution is -2.24. The molecule has 94 valence electrons. The number of nitrogens with two attached hydrogens (primary N) is 1. The topological polar surface area (TPSA) is 53.1 Å². The molecule has 0 amide bonds. The van der Waals surface area contributed by atoms with E-state index in [9.17, 15) is 0 Å². The molecule has 0 aromatic heterocycles. The molecule has 0 aliphatic heterocycles. The van der Waals surface area contributed by atoms with Gasteiger partial charge in [0.15, 0.2) is 0 Å². The van der Waals surface area contributed by atoms with Crippen LogP contribution < -0.4 is 10.6 Å². The zero-order chi connectivity index (χ0) is 12.8. The van der Waals surface area contributed by atoms with Crippen LogP contribution in [-0.4, -0.2) is 19.4 Å². The Morgan fingerprint density at radius 3 is 2.18 bits per heavy atom. The second-order valence-electron chi connectivity index (χ2n) is 4.52. The molecule has 1 aromatic carbocycles. The van der Waals surface area contributed by atoms with Crippen molar-refractivity contribution in [2.24, 2.45) is 11.7 Å². The van der Waals surface area contributed by atoms with E-state index in [1.54, 1.807) is 0 Å². The molecule has 0 fully saturated rings. The summed E-state index contributed by atoms with van der Waals surface area (Å²) in [5.74, 6) is 0.867.